The molecule has 1 amide bonds. The number of hydrogen-bond acceptors (Lipinski definition) is 5. The Morgan fingerprint density at radius 1 is 1.50 bits per heavy atom. The van der Waals surface area contributed by atoms with Gasteiger partial charge in [-0.05, 0) is 18.9 Å². The molecule has 0 aromatic carbocycles. The van der Waals surface area contributed by atoms with Crippen molar-refractivity contribution in [3.05, 3.63) is 27.1 Å². The van der Waals surface area contributed by atoms with Gasteiger partial charge in [0.2, 0.25) is 0 Å². The normalized spacial score (nSPS) is 11.1. The van der Waals surface area contributed by atoms with E-state index in [1.165, 1.54) is 16.2 Å². The summed E-state index contributed by atoms with van der Waals surface area (Å²) in [6.07, 6.45) is 3.48. The van der Waals surface area contributed by atoms with Crippen LogP contribution < -0.4 is 5.56 Å². The fourth-order valence-electron chi connectivity index (χ4n) is 2.28. The van der Waals surface area contributed by atoms with Gasteiger partial charge in [-0.3, -0.25) is 14.2 Å². The minimum absolute atomic E-state index is 0.0870. The van der Waals surface area contributed by atoms with Gasteiger partial charge in [0.15, 0.2) is 0 Å². The molecule has 0 saturated heterocycles. The highest BCUT2D eigenvalue weighted by Gasteiger charge is 2.21. The van der Waals surface area contributed by atoms with Gasteiger partial charge in [0.25, 0.3) is 11.5 Å². The van der Waals surface area contributed by atoms with Crippen LogP contribution in [-0.4, -0.2) is 45.7 Å². The molecule has 0 fully saturated rings. The zero-order valence-electron chi connectivity index (χ0n) is 13.1. The molecule has 7 heteroatoms. The molecule has 0 spiro atoms. The maximum atomic E-state index is 12.6. The third kappa shape index (κ3) is 3.05. The quantitative estimate of drug-likeness (QED) is 0.877. The molecule has 2 heterocycles. The summed E-state index contributed by atoms with van der Waals surface area (Å²) < 4.78 is 1.61. The van der Waals surface area contributed by atoms with Crippen LogP contribution in [0.4, 0.5) is 0 Å². The Kier molecular flexibility index (Phi) is 5.31. The molecule has 120 valence electrons. The lowest BCUT2D eigenvalue weighted by Gasteiger charge is -2.14. The van der Waals surface area contributed by atoms with E-state index in [0.29, 0.717) is 27.2 Å². The molecule has 0 unspecified atom stereocenters. The molecule has 0 aliphatic carbocycles. The molecule has 1 N–H and O–H groups in total. The molecule has 6 nitrogen and oxygen atoms in total. The molecular weight excluding hydrogens is 302 g/mol. The third-order valence-electron chi connectivity index (χ3n) is 3.65. The van der Waals surface area contributed by atoms with Crippen molar-refractivity contribution < 1.29 is 9.90 Å². The van der Waals surface area contributed by atoms with Crippen LogP contribution in [0, 0.1) is 6.92 Å². The lowest BCUT2D eigenvalue weighted by Crippen LogP contribution is -2.29. The fourth-order valence-corrected chi connectivity index (χ4v) is 3.41. The Morgan fingerprint density at radius 2 is 2.23 bits per heavy atom. The van der Waals surface area contributed by atoms with Crippen LogP contribution in [0.3, 0.4) is 0 Å². The molecule has 0 aliphatic heterocycles. The number of aryl methyl sites for hydroxylation is 2. The van der Waals surface area contributed by atoms with Crippen molar-refractivity contribution >= 4 is 27.5 Å². The van der Waals surface area contributed by atoms with E-state index in [4.69, 9.17) is 5.11 Å². The summed E-state index contributed by atoms with van der Waals surface area (Å²) in [6, 6.07) is 0. The average molecular weight is 323 g/mol. The first-order valence-corrected chi connectivity index (χ1v) is 8.17. The van der Waals surface area contributed by atoms with Gasteiger partial charge in [0.05, 0.1) is 23.2 Å². The smallest absolute Gasteiger partial charge is 0.264 e. The highest BCUT2D eigenvalue weighted by atomic mass is 32.1. The molecule has 0 radical (unpaired) electrons. The first-order valence-electron chi connectivity index (χ1n) is 7.36. The summed E-state index contributed by atoms with van der Waals surface area (Å²) in [7, 11) is 1.63. The second-order valence-electron chi connectivity index (χ2n) is 5.28. The highest BCUT2D eigenvalue weighted by molar-refractivity contribution is 7.20. The molecular formula is C15H21N3O3S. The first-order chi connectivity index (χ1) is 10.5. The minimum atomic E-state index is -0.186. The largest absolute Gasteiger partial charge is 0.395 e. The number of nitrogens with zero attached hydrogens (tertiary/aromatic N) is 3. The number of carbonyl (C=O) groups excluding carboxylic acids is 1. The summed E-state index contributed by atoms with van der Waals surface area (Å²) in [5, 5.41) is 9.48. The van der Waals surface area contributed by atoms with Crippen molar-refractivity contribution in [2.45, 2.75) is 33.2 Å². The Labute approximate surface area is 133 Å². The van der Waals surface area contributed by atoms with Crippen molar-refractivity contribution in [2.24, 2.45) is 0 Å². The first kappa shape index (κ1) is 16.6. The van der Waals surface area contributed by atoms with E-state index in [1.54, 1.807) is 24.9 Å². The lowest BCUT2D eigenvalue weighted by molar-refractivity contribution is 0.0771. The van der Waals surface area contributed by atoms with Gasteiger partial charge < -0.3 is 10.0 Å². The maximum absolute atomic E-state index is 12.6. The number of aromatic nitrogens is 2. The summed E-state index contributed by atoms with van der Waals surface area (Å²) in [5.41, 5.74) is 0.592. The monoisotopic (exact) mass is 323 g/mol. The number of unbranched alkanes of at least 4 members (excludes halogenated alkanes) is 1. The fraction of sp³-hybridized carbons (Fsp3) is 0.533. The Balaban J connectivity index is 2.48. The predicted octanol–water partition coefficient (Wildman–Crippen LogP) is 1.63. The number of fused-ring (bicyclic) bond motifs is 1. The predicted molar refractivity (Wildman–Crippen MR) is 87.6 cm³/mol. The van der Waals surface area contributed by atoms with Crippen LogP contribution in [0.15, 0.2) is 11.1 Å². The summed E-state index contributed by atoms with van der Waals surface area (Å²) in [4.78, 5) is 31.8. The topological polar surface area (TPSA) is 75.4 Å². The van der Waals surface area contributed by atoms with Crippen LogP contribution in [0.2, 0.25) is 0 Å². The molecule has 0 atom stereocenters. The van der Waals surface area contributed by atoms with Gasteiger partial charge in [-0.25, -0.2) is 4.98 Å². The van der Waals surface area contributed by atoms with Crippen LogP contribution in [-0.2, 0) is 6.54 Å². The summed E-state index contributed by atoms with van der Waals surface area (Å²) >= 11 is 1.24. The van der Waals surface area contributed by atoms with E-state index >= 15 is 0 Å². The number of aliphatic hydroxyl groups is 1. The van der Waals surface area contributed by atoms with E-state index in [2.05, 4.69) is 11.9 Å². The lowest BCUT2D eigenvalue weighted by atomic mass is 10.2. The van der Waals surface area contributed by atoms with E-state index in [-0.39, 0.29) is 24.6 Å². The molecule has 2 aromatic rings. The summed E-state index contributed by atoms with van der Waals surface area (Å²) in [6.45, 7) is 4.67. The molecule has 0 aliphatic rings. The number of hydrogen-bond donors (Lipinski definition) is 1. The molecule has 2 rings (SSSR count). The van der Waals surface area contributed by atoms with Gasteiger partial charge >= 0.3 is 0 Å². The zero-order valence-corrected chi connectivity index (χ0v) is 13.9. The van der Waals surface area contributed by atoms with Gasteiger partial charge in [-0.1, -0.05) is 13.3 Å². The van der Waals surface area contributed by atoms with Crippen LogP contribution in [0.5, 0.6) is 0 Å². The van der Waals surface area contributed by atoms with E-state index in [9.17, 15) is 9.59 Å². The van der Waals surface area contributed by atoms with Crippen molar-refractivity contribution in [3.8, 4) is 0 Å². The van der Waals surface area contributed by atoms with Gasteiger partial charge in [0.1, 0.15) is 4.83 Å². The minimum Gasteiger partial charge on any atom is -0.395 e. The Bertz CT molecular complexity index is 735. The number of likely N-dealkylation sites (N-methyl/N-ethyl adjacent to an activating group) is 1. The standard InChI is InChI=1S/C15H21N3O3S/c1-4-5-6-18-9-16-13-11(14(18)20)10(2)12(22-13)15(21)17(3)7-8-19/h9,19H,4-8H2,1-3H3. The average Bonchev–Trinajstić information content (AvgIpc) is 2.84. The summed E-state index contributed by atoms with van der Waals surface area (Å²) in [5.74, 6) is -0.186. The molecule has 22 heavy (non-hydrogen) atoms. The number of thiophene rings is 1. The number of carbonyl (C=O) groups is 1. The Hall–Kier alpha value is -1.73. The highest BCUT2D eigenvalue weighted by Crippen LogP contribution is 2.27. The second-order valence-corrected chi connectivity index (χ2v) is 6.28. The molecule has 0 bridgehead atoms. The van der Waals surface area contributed by atoms with Crippen molar-refractivity contribution in [1.82, 2.24) is 14.5 Å². The van der Waals surface area contributed by atoms with Crippen LogP contribution in [0.1, 0.15) is 35.0 Å². The van der Waals surface area contributed by atoms with Crippen molar-refractivity contribution in [1.29, 1.82) is 0 Å². The molecule has 0 saturated carbocycles. The van der Waals surface area contributed by atoms with E-state index < -0.39 is 0 Å². The maximum Gasteiger partial charge on any atom is 0.264 e. The SMILES string of the molecule is CCCCn1cnc2sc(C(=O)N(C)CCO)c(C)c2c1=O. The third-order valence-corrected chi connectivity index (χ3v) is 4.83. The van der Waals surface area contributed by atoms with Gasteiger partial charge in [0, 0.05) is 20.1 Å². The van der Waals surface area contributed by atoms with Gasteiger partial charge in [-0.15, -0.1) is 11.3 Å². The number of amides is 1. The van der Waals surface area contributed by atoms with Crippen LogP contribution >= 0.6 is 11.3 Å². The second kappa shape index (κ2) is 7.02. The van der Waals surface area contributed by atoms with Crippen LogP contribution in [0.25, 0.3) is 10.2 Å². The Morgan fingerprint density at radius 3 is 2.86 bits per heavy atom. The molecule has 2 aromatic heterocycles. The number of aliphatic hydroxyl groups excluding tert-OH is 1. The van der Waals surface area contributed by atoms with Crippen molar-refractivity contribution in [3.63, 3.8) is 0 Å². The van der Waals surface area contributed by atoms with Crippen molar-refractivity contribution in [2.75, 3.05) is 20.2 Å². The zero-order chi connectivity index (χ0) is 16.3. The van der Waals surface area contributed by atoms with E-state index in [0.717, 1.165) is 12.8 Å². The van der Waals surface area contributed by atoms with E-state index in [1.807, 2.05) is 0 Å². The van der Waals surface area contributed by atoms with Gasteiger partial charge in [-0.2, -0.15) is 0 Å². The number of rotatable bonds is 6.